The van der Waals surface area contributed by atoms with Crippen LogP contribution in [-0.4, -0.2) is 24.0 Å². The fourth-order valence-electron chi connectivity index (χ4n) is 2.14. The number of carbonyl (C=O) groups excluding carboxylic acids is 1. The highest BCUT2D eigenvalue weighted by molar-refractivity contribution is 5.98. The van der Waals surface area contributed by atoms with Crippen LogP contribution in [0.2, 0.25) is 0 Å². The zero-order valence-electron chi connectivity index (χ0n) is 13.8. The van der Waals surface area contributed by atoms with Crippen LogP contribution in [0.1, 0.15) is 35.3 Å². The van der Waals surface area contributed by atoms with E-state index in [9.17, 15) is 4.79 Å². The van der Waals surface area contributed by atoms with E-state index in [0.29, 0.717) is 24.5 Å². The Hall–Kier alpha value is -2.40. The minimum absolute atomic E-state index is 0.153. The molecular formula is C18H23N3O2. The first-order valence-electron chi connectivity index (χ1n) is 7.70. The standard InChI is InChI=1S/C18H23N3O2/c1-13(2)23-12-15-7-4-6-14(10-15)11-21-17-16(18(22)19-3)8-5-9-20-17/h4-10,13H,11-12H2,1-3H3,(H,19,22)(H,20,21). The summed E-state index contributed by atoms with van der Waals surface area (Å²) in [5.41, 5.74) is 2.78. The number of pyridine rings is 1. The summed E-state index contributed by atoms with van der Waals surface area (Å²) in [7, 11) is 1.61. The summed E-state index contributed by atoms with van der Waals surface area (Å²) in [5.74, 6) is 0.426. The van der Waals surface area contributed by atoms with Gasteiger partial charge in [0.2, 0.25) is 0 Å². The molecule has 0 atom stereocenters. The summed E-state index contributed by atoms with van der Waals surface area (Å²) in [6.07, 6.45) is 1.88. The van der Waals surface area contributed by atoms with Gasteiger partial charge in [0.15, 0.2) is 0 Å². The van der Waals surface area contributed by atoms with Gasteiger partial charge in [0.05, 0.1) is 18.3 Å². The first-order valence-corrected chi connectivity index (χ1v) is 7.70. The zero-order chi connectivity index (χ0) is 16.7. The van der Waals surface area contributed by atoms with Crippen LogP contribution in [0.25, 0.3) is 0 Å². The number of hydrogen-bond acceptors (Lipinski definition) is 4. The first kappa shape index (κ1) is 17.0. The van der Waals surface area contributed by atoms with E-state index in [1.54, 1.807) is 25.4 Å². The molecule has 2 N–H and O–H groups in total. The first-order chi connectivity index (χ1) is 11.1. The highest BCUT2D eigenvalue weighted by Gasteiger charge is 2.10. The molecule has 1 amide bonds. The lowest BCUT2D eigenvalue weighted by Crippen LogP contribution is -2.20. The SMILES string of the molecule is CNC(=O)c1cccnc1NCc1cccc(COC(C)C)c1. The molecule has 5 nitrogen and oxygen atoms in total. The number of nitrogens with zero attached hydrogens (tertiary/aromatic N) is 1. The number of ether oxygens (including phenoxy) is 1. The van der Waals surface area contributed by atoms with Crippen molar-refractivity contribution < 1.29 is 9.53 Å². The van der Waals surface area contributed by atoms with Crippen LogP contribution in [0.4, 0.5) is 5.82 Å². The lowest BCUT2D eigenvalue weighted by molar-refractivity contribution is 0.0657. The highest BCUT2D eigenvalue weighted by Crippen LogP contribution is 2.14. The average molecular weight is 313 g/mol. The predicted octanol–water partition coefficient (Wildman–Crippen LogP) is 2.98. The number of benzene rings is 1. The summed E-state index contributed by atoms with van der Waals surface area (Å²) in [6, 6.07) is 11.7. The molecule has 122 valence electrons. The lowest BCUT2D eigenvalue weighted by Gasteiger charge is -2.11. The van der Waals surface area contributed by atoms with Gasteiger partial charge in [-0.3, -0.25) is 4.79 Å². The van der Waals surface area contributed by atoms with Crippen molar-refractivity contribution in [1.29, 1.82) is 0 Å². The molecule has 0 saturated heterocycles. The van der Waals surface area contributed by atoms with Crippen molar-refractivity contribution in [3.05, 3.63) is 59.3 Å². The second-order valence-corrected chi connectivity index (χ2v) is 5.51. The second-order valence-electron chi connectivity index (χ2n) is 5.51. The summed E-state index contributed by atoms with van der Waals surface area (Å²) in [5, 5.41) is 5.84. The molecule has 0 bridgehead atoms. The third kappa shape index (κ3) is 5.07. The molecule has 0 unspecified atom stereocenters. The third-order valence-electron chi connectivity index (χ3n) is 3.31. The summed E-state index contributed by atoms with van der Waals surface area (Å²) in [4.78, 5) is 16.1. The highest BCUT2D eigenvalue weighted by atomic mass is 16.5. The van der Waals surface area contributed by atoms with Crippen molar-refractivity contribution in [3.8, 4) is 0 Å². The number of anilines is 1. The summed E-state index contributed by atoms with van der Waals surface area (Å²) >= 11 is 0. The van der Waals surface area contributed by atoms with E-state index >= 15 is 0 Å². The molecule has 0 spiro atoms. The molecule has 23 heavy (non-hydrogen) atoms. The Morgan fingerprint density at radius 2 is 2.00 bits per heavy atom. The summed E-state index contributed by atoms with van der Waals surface area (Å²) in [6.45, 7) is 5.23. The van der Waals surface area contributed by atoms with Crippen LogP contribution in [0, 0.1) is 0 Å². The van der Waals surface area contributed by atoms with Crippen molar-refractivity contribution in [2.75, 3.05) is 12.4 Å². The Balaban J connectivity index is 2.04. The van der Waals surface area contributed by atoms with E-state index in [4.69, 9.17) is 4.74 Å². The zero-order valence-corrected chi connectivity index (χ0v) is 13.8. The van der Waals surface area contributed by atoms with Crippen LogP contribution >= 0.6 is 0 Å². The minimum atomic E-state index is -0.153. The van der Waals surface area contributed by atoms with Crippen molar-refractivity contribution in [1.82, 2.24) is 10.3 Å². The molecule has 5 heteroatoms. The Morgan fingerprint density at radius 3 is 2.74 bits per heavy atom. The van der Waals surface area contributed by atoms with Crippen LogP contribution < -0.4 is 10.6 Å². The van der Waals surface area contributed by atoms with E-state index < -0.39 is 0 Å². The molecule has 2 aromatic rings. The fraction of sp³-hybridized carbons (Fsp3) is 0.333. The maximum Gasteiger partial charge on any atom is 0.254 e. The molecule has 0 aliphatic heterocycles. The van der Waals surface area contributed by atoms with Crippen molar-refractivity contribution in [3.63, 3.8) is 0 Å². The van der Waals surface area contributed by atoms with E-state index in [-0.39, 0.29) is 12.0 Å². The molecule has 0 aliphatic carbocycles. The number of amides is 1. The van der Waals surface area contributed by atoms with Gasteiger partial charge in [-0.15, -0.1) is 0 Å². The van der Waals surface area contributed by atoms with Gasteiger partial charge in [0.1, 0.15) is 5.82 Å². The molecule has 0 fully saturated rings. The minimum Gasteiger partial charge on any atom is -0.374 e. The molecule has 1 heterocycles. The molecule has 2 rings (SSSR count). The monoisotopic (exact) mass is 313 g/mol. The average Bonchev–Trinajstić information content (AvgIpc) is 2.58. The smallest absolute Gasteiger partial charge is 0.254 e. The Morgan fingerprint density at radius 1 is 1.22 bits per heavy atom. The number of nitrogens with one attached hydrogen (secondary N) is 2. The second kappa shape index (κ2) is 8.29. The van der Waals surface area contributed by atoms with Gasteiger partial charge >= 0.3 is 0 Å². The summed E-state index contributed by atoms with van der Waals surface area (Å²) < 4.78 is 5.63. The maximum absolute atomic E-state index is 11.8. The van der Waals surface area contributed by atoms with Gasteiger partial charge in [0.25, 0.3) is 5.91 Å². The van der Waals surface area contributed by atoms with Gasteiger partial charge in [-0.2, -0.15) is 0 Å². The normalized spacial score (nSPS) is 10.6. The Bertz CT molecular complexity index is 656. The topological polar surface area (TPSA) is 63.2 Å². The van der Waals surface area contributed by atoms with E-state index in [2.05, 4.69) is 21.7 Å². The molecule has 0 aliphatic rings. The van der Waals surface area contributed by atoms with E-state index in [0.717, 1.165) is 11.1 Å². The van der Waals surface area contributed by atoms with Crippen molar-refractivity contribution >= 4 is 11.7 Å². The van der Waals surface area contributed by atoms with Crippen molar-refractivity contribution in [2.45, 2.75) is 33.1 Å². The molecule has 0 radical (unpaired) electrons. The Kier molecular flexibility index (Phi) is 6.11. The number of rotatable bonds is 7. The molecule has 1 aromatic heterocycles. The largest absolute Gasteiger partial charge is 0.374 e. The number of aromatic nitrogens is 1. The Labute approximate surface area is 137 Å². The lowest BCUT2D eigenvalue weighted by atomic mass is 10.1. The van der Waals surface area contributed by atoms with Gasteiger partial charge < -0.3 is 15.4 Å². The third-order valence-corrected chi connectivity index (χ3v) is 3.31. The number of carbonyl (C=O) groups is 1. The number of hydrogen-bond donors (Lipinski definition) is 2. The quantitative estimate of drug-likeness (QED) is 0.825. The van der Waals surface area contributed by atoms with Crippen LogP contribution in [-0.2, 0) is 17.9 Å². The van der Waals surface area contributed by atoms with E-state index in [1.165, 1.54) is 0 Å². The predicted molar refractivity (Wildman–Crippen MR) is 91.3 cm³/mol. The molecule has 0 saturated carbocycles. The van der Waals surface area contributed by atoms with Crippen LogP contribution in [0.3, 0.4) is 0 Å². The van der Waals surface area contributed by atoms with Gasteiger partial charge in [-0.05, 0) is 37.1 Å². The van der Waals surface area contributed by atoms with Crippen molar-refractivity contribution in [2.24, 2.45) is 0 Å². The van der Waals surface area contributed by atoms with Gasteiger partial charge in [-0.1, -0.05) is 24.3 Å². The van der Waals surface area contributed by atoms with E-state index in [1.807, 2.05) is 32.0 Å². The molecular weight excluding hydrogens is 290 g/mol. The fourth-order valence-corrected chi connectivity index (χ4v) is 2.14. The van der Waals surface area contributed by atoms with Gasteiger partial charge in [-0.25, -0.2) is 4.98 Å². The van der Waals surface area contributed by atoms with Crippen LogP contribution in [0.5, 0.6) is 0 Å². The van der Waals surface area contributed by atoms with Crippen LogP contribution in [0.15, 0.2) is 42.6 Å². The molecule has 1 aromatic carbocycles. The van der Waals surface area contributed by atoms with Gasteiger partial charge in [0, 0.05) is 19.8 Å². The maximum atomic E-state index is 11.8.